The first-order valence-electron chi connectivity index (χ1n) is 9.73. The lowest BCUT2D eigenvalue weighted by atomic mass is 10.1. The van der Waals surface area contributed by atoms with Gasteiger partial charge in [-0.15, -0.1) is 0 Å². The smallest absolute Gasteiger partial charge is 0.253 e. The van der Waals surface area contributed by atoms with Gasteiger partial charge in [-0.05, 0) is 44.2 Å². The number of fused-ring (bicyclic) bond motifs is 7. The second-order valence-corrected chi connectivity index (χ2v) is 6.90. The lowest BCUT2D eigenvalue weighted by Crippen LogP contribution is -2.30. The Morgan fingerprint density at radius 2 is 1.38 bits per heavy atom. The summed E-state index contributed by atoms with van der Waals surface area (Å²) in [5.41, 5.74) is 5.05. The van der Waals surface area contributed by atoms with Gasteiger partial charge in [0.15, 0.2) is 0 Å². The standard InChI is InChI=1S/C23H19N5O/c1-3-28(4-2)23(29)14-9-10-17-18(13-14)27-22-20-16(8-6-12-25-20)15-7-5-11-24-19(15)21(22)26-17/h5-13H,3-4H2,1-2H3. The van der Waals surface area contributed by atoms with Gasteiger partial charge >= 0.3 is 0 Å². The van der Waals surface area contributed by atoms with Crippen LogP contribution in [0.25, 0.3) is 43.9 Å². The van der Waals surface area contributed by atoms with Crippen molar-refractivity contribution in [3.05, 3.63) is 60.4 Å². The normalized spacial score (nSPS) is 11.5. The van der Waals surface area contributed by atoms with E-state index >= 15 is 0 Å². The summed E-state index contributed by atoms with van der Waals surface area (Å²) < 4.78 is 0. The van der Waals surface area contributed by atoms with Crippen LogP contribution in [0.5, 0.6) is 0 Å². The molecule has 5 aromatic rings. The minimum Gasteiger partial charge on any atom is -0.339 e. The van der Waals surface area contributed by atoms with Gasteiger partial charge in [0, 0.05) is 41.8 Å². The molecule has 3 aromatic heterocycles. The van der Waals surface area contributed by atoms with Crippen LogP contribution in [0, 0.1) is 0 Å². The number of hydrogen-bond donors (Lipinski definition) is 0. The van der Waals surface area contributed by atoms with Crippen molar-refractivity contribution in [1.29, 1.82) is 0 Å². The van der Waals surface area contributed by atoms with Gasteiger partial charge in [-0.2, -0.15) is 0 Å². The van der Waals surface area contributed by atoms with Crippen LogP contribution in [-0.2, 0) is 0 Å². The van der Waals surface area contributed by atoms with Crippen LogP contribution in [0.3, 0.4) is 0 Å². The van der Waals surface area contributed by atoms with E-state index in [1.54, 1.807) is 17.3 Å². The van der Waals surface area contributed by atoms with Crippen LogP contribution in [0.15, 0.2) is 54.9 Å². The van der Waals surface area contributed by atoms with Gasteiger partial charge in [0.25, 0.3) is 5.91 Å². The highest BCUT2D eigenvalue weighted by Crippen LogP contribution is 2.31. The van der Waals surface area contributed by atoms with Crippen molar-refractivity contribution in [2.45, 2.75) is 13.8 Å². The molecule has 0 spiro atoms. The van der Waals surface area contributed by atoms with E-state index in [2.05, 4.69) is 9.97 Å². The summed E-state index contributed by atoms with van der Waals surface area (Å²) in [4.78, 5) is 33.4. The third kappa shape index (κ3) is 2.68. The topological polar surface area (TPSA) is 71.9 Å². The third-order valence-electron chi connectivity index (χ3n) is 5.32. The molecule has 2 aromatic carbocycles. The van der Waals surface area contributed by atoms with E-state index in [0.29, 0.717) is 29.7 Å². The van der Waals surface area contributed by atoms with E-state index in [1.165, 1.54) is 0 Å². The molecule has 142 valence electrons. The van der Waals surface area contributed by atoms with Gasteiger partial charge in [0.2, 0.25) is 0 Å². The minimum absolute atomic E-state index is 0.00181. The molecule has 5 rings (SSSR count). The summed E-state index contributed by atoms with van der Waals surface area (Å²) in [6, 6.07) is 13.4. The van der Waals surface area contributed by atoms with E-state index in [-0.39, 0.29) is 5.91 Å². The SMILES string of the molecule is CCN(CC)C(=O)c1ccc2nc3c4ncccc4c4cccnc4c3nc2c1. The predicted octanol–water partition coefficient (Wildman–Crippen LogP) is 4.36. The fourth-order valence-electron chi connectivity index (χ4n) is 3.83. The molecule has 0 saturated heterocycles. The first-order chi connectivity index (χ1) is 14.2. The Morgan fingerprint density at radius 1 is 0.793 bits per heavy atom. The summed E-state index contributed by atoms with van der Waals surface area (Å²) >= 11 is 0. The van der Waals surface area contributed by atoms with Gasteiger partial charge in [0.1, 0.15) is 11.0 Å². The third-order valence-corrected chi connectivity index (χ3v) is 5.32. The van der Waals surface area contributed by atoms with Crippen LogP contribution in [0.4, 0.5) is 0 Å². The van der Waals surface area contributed by atoms with Crippen molar-refractivity contribution in [1.82, 2.24) is 24.8 Å². The number of carbonyl (C=O) groups excluding carboxylic acids is 1. The molecule has 29 heavy (non-hydrogen) atoms. The number of hydrogen-bond acceptors (Lipinski definition) is 5. The highest BCUT2D eigenvalue weighted by Gasteiger charge is 2.16. The minimum atomic E-state index is 0.00181. The zero-order chi connectivity index (χ0) is 20.0. The monoisotopic (exact) mass is 381 g/mol. The Labute approximate surface area is 167 Å². The number of amides is 1. The molecule has 0 aliphatic heterocycles. The maximum atomic E-state index is 12.8. The number of rotatable bonds is 3. The highest BCUT2D eigenvalue weighted by atomic mass is 16.2. The second-order valence-electron chi connectivity index (χ2n) is 6.90. The number of pyridine rings is 2. The molecular formula is C23H19N5O. The quantitative estimate of drug-likeness (QED) is 0.343. The lowest BCUT2D eigenvalue weighted by Gasteiger charge is -2.18. The molecule has 0 bridgehead atoms. The van der Waals surface area contributed by atoms with Crippen molar-refractivity contribution >= 4 is 49.8 Å². The van der Waals surface area contributed by atoms with Gasteiger partial charge in [-0.25, -0.2) is 9.97 Å². The molecule has 0 atom stereocenters. The molecule has 0 radical (unpaired) electrons. The van der Waals surface area contributed by atoms with E-state index in [1.807, 2.05) is 56.3 Å². The first kappa shape index (κ1) is 17.4. The number of nitrogens with zero attached hydrogens (tertiary/aromatic N) is 5. The summed E-state index contributed by atoms with van der Waals surface area (Å²) in [6.07, 6.45) is 3.53. The number of benzene rings is 2. The van der Waals surface area contributed by atoms with Crippen LogP contribution in [-0.4, -0.2) is 43.8 Å². The van der Waals surface area contributed by atoms with Gasteiger partial charge in [-0.1, -0.05) is 12.1 Å². The number of aromatic nitrogens is 4. The lowest BCUT2D eigenvalue weighted by molar-refractivity contribution is 0.0773. The van der Waals surface area contributed by atoms with Crippen molar-refractivity contribution < 1.29 is 4.79 Å². The van der Waals surface area contributed by atoms with Crippen molar-refractivity contribution in [2.75, 3.05) is 13.1 Å². The number of carbonyl (C=O) groups is 1. The van der Waals surface area contributed by atoms with Crippen LogP contribution in [0.2, 0.25) is 0 Å². The molecule has 3 heterocycles. The molecule has 0 aliphatic carbocycles. The molecule has 6 nitrogen and oxygen atoms in total. The summed E-state index contributed by atoms with van der Waals surface area (Å²) in [6.45, 7) is 5.29. The Balaban J connectivity index is 1.84. The van der Waals surface area contributed by atoms with Crippen LogP contribution < -0.4 is 0 Å². The molecule has 6 heteroatoms. The van der Waals surface area contributed by atoms with Crippen LogP contribution >= 0.6 is 0 Å². The Kier molecular flexibility index (Phi) is 4.05. The van der Waals surface area contributed by atoms with Gasteiger partial charge in [0.05, 0.1) is 22.1 Å². The average molecular weight is 381 g/mol. The molecule has 0 aliphatic rings. The fraction of sp³-hybridized carbons (Fsp3) is 0.174. The second kappa shape index (κ2) is 6.74. The van der Waals surface area contributed by atoms with Gasteiger partial charge < -0.3 is 4.90 Å². The molecule has 0 saturated carbocycles. The summed E-state index contributed by atoms with van der Waals surface area (Å²) in [7, 11) is 0. The van der Waals surface area contributed by atoms with Crippen molar-refractivity contribution in [3.8, 4) is 0 Å². The van der Waals surface area contributed by atoms with E-state index in [9.17, 15) is 4.79 Å². The van der Waals surface area contributed by atoms with Crippen molar-refractivity contribution in [3.63, 3.8) is 0 Å². The largest absolute Gasteiger partial charge is 0.339 e. The molecule has 0 fully saturated rings. The Morgan fingerprint density at radius 3 is 1.97 bits per heavy atom. The molecule has 0 N–H and O–H groups in total. The van der Waals surface area contributed by atoms with E-state index < -0.39 is 0 Å². The first-order valence-corrected chi connectivity index (χ1v) is 9.73. The van der Waals surface area contributed by atoms with Crippen LogP contribution in [0.1, 0.15) is 24.2 Å². The predicted molar refractivity (Wildman–Crippen MR) is 115 cm³/mol. The Bertz CT molecular complexity index is 1410. The maximum Gasteiger partial charge on any atom is 0.253 e. The maximum absolute atomic E-state index is 12.8. The van der Waals surface area contributed by atoms with E-state index in [4.69, 9.17) is 9.97 Å². The van der Waals surface area contributed by atoms with Gasteiger partial charge in [-0.3, -0.25) is 14.8 Å². The fourth-order valence-corrected chi connectivity index (χ4v) is 3.83. The molecule has 0 unspecified atom stereocenters. The zero-order valence-electron chi connectivity index (χ0n) is 16.3. The zero-order valence-corrected chi connectivity index (χ0v) is 16.3. The average Bonchev–Trinajstić information content (AvgIpc) is 2.78. The highest BCUT2D eigenvalue weighted by molar-refractivity contribution is 6.21. The summed E-state index contributed by atoms with van der Waals surface area (Å²) in [5, 5.41) is 2.00. The van der Waals surface area contributed by atoms with E-state index in [0.717, 1.165) is 32.8 Å². The molecular weight excluding hydrogens is 362 g/mol. The molecule has 1 amide bonds. The Hall–Kier alpha value is -3.67. The summed E-state index contributed by atoms with van der Waals surface area (Å²) in [5.74, 6) is 0.00181. The van der Waals surface area contributed by atoms with Crippen molar-refractivity contribution in [2.24, 2.45) is 0 Å².